The molecule has 0 saturated carbocycles. The fourth-order valence-electron chi connectivity index (χ4n) is 1.90. The number of rotatable bonds is 3. The minimum atomic E-state index is 0.842. The Kier molecular flexibility index (Phi) is 2.95. The number of nitrogens with zero attached hydrogens (tertiary/aromatic N) is 2. The van der Waals surface area contributed by atoms with Crippen molar-refractivity contribution < 1.29 is 0 Å². The third-order valence-corrected chi connectivity index (χ3v) is 2.77. The second-order valence-electron chi connectivity index (χ2n) is 3.76. The van der Waals surface area contributed by atoms with Crippen LogP contribution in [0.2, 0.25) is 0 Å². The zero-order valence-corrected chi connectivity index (χ0v) is 9.77. The maximum atomic E-state index is 6.08. The first-order valence-electron chi connectivity index (χ1n) is 5.69. The summed E-state index contributed by atoms with van der Waals surface area (Å²) in [6.07, 6.45) is 1.77. The molecule has 1 aromatic carbocycles. The summed E-state index contributed by atoms with van der Waals surface area (Å²) in [5.41, 5.74) is 10.1. The van der Waals surface area contributed by atoms with Crippen LogP contribution in [-0.4, -0.2) is 9.78 Å². The Bertz CT molecular complexity index is 471. The van der Waals surface area contributed by atoms with Gasteiger partial charge in [-0.3, -0.25) is 0 Å². The minimum absolute atomic E-state index is 0.842. The quantitative estimate of drug-likeness (QED) is 0.855. The number of aromatic nitrogens is 2. The summed E-state index contributed by atoms with van der Waals surface area (Å²) in [6, 6.07) is 10.1. The molecule has 0 atom stereocenters. The number of nitrogens with two attached hydrogens (primary N) is 1. The standard InChI is InChI=1S/C13H17N3/c1-3-11-13(14)12(4-2)16(15-11)10-8-6-5-7-9-10/h5-9H,3-4,14H2,1-2H3. The Morgan fingerprint density at radius 3 is 2.38 bits per heavy atom. The van der Waals surface area contributed by atoms with E-state index < -0.39 is 0 Å². The van der Waals surface area contributed by atoms with Crippen LogP contribution in [0.5, 0.6) is 0 Å². The number of hydrogen-bond acceptors (Lipinski definition) is 2. The molecule has 84 valence electrons. The number of aryl methyl sites for hydroxylation is 1. The number of nitrogen functional groups attached to an aromatic ring is 1. The second kappa shape index (κ2) is 4.39. The van der Waals surface area contributed by atoms with Gasteiger partial charge >= 0.3 is 0 Å². The van der Waals surface area contributed by atoms with Crippen molar-refractivity contribution in [2.75, 3.05) is 5.73 Å². The molecule has 2 rings (SSSR count). The van der Waals surface area contributed by atoms with Gasteiger partial charge in [-0.25, -0.2) is 4.68 Å². The van der Waals surface area contributed by atoms with Gasteiger partial charge in [0, 0.05) is 0 Å². The average Bonchev–Trinajstić information content (AvgIpc) is 2.66. The zero-order valence-electron chi connectivity index (χ0n) is 9.77. The first kappa shape index (κ1) is 10.7. The van der Waals surface area contributed by atoms with Gasteiger partial charge in [-0.2, -0.15) is 5.10 Å². The van der Waals surface area contributed by atoms with E-state index in [1.165, 1.54) is 0 Å². The third-order valence-electron chi connectivity index (χ3n) is 2.77. The van der Waals surface area contributed by atoms with E-state index in [0.29, 0.717) is 0 Å². The maximum Gasteiger partial charge on any atom is 0.0858 e. The lowest BCUT2D eigenvalue weighted by atomic mass is 10.2. The zero-order chi connectivity index (χ0) is 11.5. The van der Waals surface area contributed by atoms with Crippen LogP contribution in [-0.2, 0) is 12.8 Å². The van der Waals surface area contributed by atoms with E-state index in [1.54, 1.807) is 0 Å². The summed E-state index contributed by atoms with van der Waals surface area (Å²) in [5, 5.41) is 4.56. The molecule has 0 spiro atoms. The van der Waals surface area contributed by atoms with E-state index in [0.717, 1.165) is 35.6 Å². The molecule has 1 aromatic heterocycles. The van der Waals surface area contributed by atoms with Gasteiger partial charge in [0.25, 0.3) is 0 Å². The summed E-state index contributed by atoms with van der Waals surface area (Å²) in [7, 11) is 0. The molecule has 0 aliphatic rings. The van der Waals surface area contributed by atoms with Gasteiger partial charge in [0.05, 0.1) is 22.8 Å². The van der Waals surface area contributed by atoms with Crippen molar-refractivity contribution in [3.63, 3.8) is 0 Å². The molecule has 0 fully saturated rings. The van der Waals surface area contributed by atoms with Gasteiger partial charge in [0.1, 0.15) is 0 Å². The van der Waals surface area contributed by atoms with E-state index in [-0.39, 0.29) is 0 Å². The average molecular weight is 215 g/mol. The monoisotopic (exact) mass is 215 g/mol. The van der Waals surface area contributed by atoms with Gasteiger partial charge in [0.2, 0.25) is 0 Å². The first-order valence-corrected chi connectivity index (χ1v) is 5.69. The highest BCUT2D eigenvalue weighted by Gasteiger charge is 2.13. The van der Waals surface area contributed by atoms with E-state index in [9.17, 15) is 0 Å². The van der Waals surface area contributed by atoms with Gasteiger partial charge < -0.3 is 5.73 Å². The van der Waals surface area contributed by atoms with Crippen LogP contribution >= 0.6 is 0 Å². The van der Waals surface area contributed by atoms with Gasteiger partial charge in [-0.05, 0) is 25.0 Å². The smallest absolute Gasteiger partial charge is 0.0858 e. The Morgan fingerprint density at radius 2 is 1.81 bits per heavy atom. The van der Waals surface area contributed by atoms with Crippen molar-refractivity contribution in [2.45, 2.75) is 26.7 Å². The maximum absolute atomic E-state index is 6.08. The lowest BCUT2D eigenvalue weighted by molar-refractivity contribution is 0.794. The van der Waals surface area contributed by atoms with Crippen LogP contribution in [0.3, 0.4) is 0 Å². The van der Waals surface area contributed by atoms with E-state index in [4.69, 9.17) is 5.73 Å². The molecular weight excluding hydrogens is 198 g/mol. The van der Waals surface area contributed by atoms with Crippen molar-refractivity contribution in [3.8, 4) is 5.69 Å². The third kappa shape index (κ3) is 1.69. The van der Waals surface area contributed by atoms with Crippen LogP contribution in [0.1, 0.15) is 25.2 Å². The molecule has 0 unspecified atom stereocenters. The normalized spacial score (nSPS) is 10.6. The summed E-state index contributed by atoms with van der Waals surface area (Å²) in [6.45, 7) is 4.18. The van der Waals surface area contributed by atoms with Gasteiger partial charge in [-0.1, -0.05) is 32.0 Å². The summed E-state index contributed by atoms with van der Waals surface area (Å²) in [5.74, 6) is 0. The van der Waals surface area contributed by atoms with E-state index >= 15 is 0 Å². The Hall–Kier alpha value is -1.77. The molecule has 0 radical (unpaired) electrons. The van der Waals surface area contributed by atoms with Crippen molar-refractivity contribution in [2.24, 2.45) is 0 Å². The Labute approximate surface area is 95.9 Å². The Balaban J connectivity index is 2.57. The molecule has 2 aromatic rings. The minimum Gasteiger partial charge on any atom is -0.396 e. The van der Waals surface area contributed by atoms with Crippen LogP contribution in [0.4, 0.5) is 5.69 Å². The highest BCUT2D eigenvalue weighted by molar-refractivity contribution is 5.51. The first-order chi connectivity index (χ1) is 7.77. The van der Waals surface area contributed by atoms with Crippen LogP contribution in [0.15, 0.2) is 30.3 Å². The van der Waals surface area contributed by atoms with Crippen molar-refractivity contribution in [1.82, 2.24) is 9.78 Å². The molecule has 0 saturated heterocycles. The van der Waals surface area contributed by atoms with E-state index in [2.05, 4.69) is 18.9 Å². The van der Waals surface area contributed by atoms with Crippen molar-refractivity contribution >= 4 is 5.69 Å². The molecule has 3 heteroatoms. The Morgan fingerprint density at radius 1 is 1.12 bits per heavy atom. The second-order valence-corrected chi connectivity index (χ2v) is 3.76. The molecule has 16 heavy (non-hydrogen) atoms. The molecular formula is C13H17N3. The lowest BCUT2D eigenvalue weighted by Gasteiger charge is -2.05. The molecule has 2 N–H and O–H groups in total. The topological polar surface area (TPSA) is 43.8 Å². The largest absolute Gasteiger partial charge is 0.396 e. The fourth-order valence-corrected chi connectivity index (χ4v) is 1.90. The van der Waals surface area contributed by atoms with Crippen LogP contribution in [0, 0.1) is 0 Å². The van der Waals surface area contributed by atoms with E-state index in [1.807, 2.05) is 35.0 Å². The highest BCUT2D eigenvalue weighted by atomic mass is 15.3. The molecule has 0 aliphatic carbocycles. The predicted molar refractivity (Wildman–Crippen MR) is 66.7 cm³/mol. The number of para-hydroxylation sites is 1. The van der Waals surface area contributed by atoms with Gasteiger partial charge in [0.15, 0.2) is 0 Å². The molecule has 0 aliphatic heterocycles. The number of benzene rings is 1. The summed E-state index contributed by atoms with van der Waals surface area (Å²) >= 11 is 0. The molecule has 3 nitrogen and oxygen atoms in total. The molecule has 0 bridgehead atoms. The summed E-state index contributed by atoms with van der Waals surface area (Å²) < 4.78 is 1.95. The molecule has 0 amide bonds. The highest BCUT2D eigenvalue weighted by Crippen LogP contribution is 2.21. The molecule has 1 heterocycles. The van der Waals surface area contributed by atoms with Crippen LogP contribution < -0.4 is 5.73 Å². The SMILES string of the molecule is CCc1nn(-c2ccccc2)c(CC)c1N. The van der Waals surface area contributed by atoms with Gasteiger partial charge in [-0.15, -0.1) is 0 Å². The van der Waals surface area contributed by atoms with Crippen molar-refractivity contribution in [1.29, 1.82) is 0 Å². The summed E-state index contributed by atoms with van der Waals surface area (Å²) in [4.78, 5) is 0. The number of hydrogen-bond donors (Lipinski definition) is 1. The lowest BCUT2D eigenvalue weighted by Crippen LogP contribution is -2.02. The van der Waals surface area contributed by atoms with Crippen molar-refractivity contribution in [3.05, 3.63) is 41.7 Å². The fraction of sp³-hybridized carbons (Fsp3) is 0.308. The number of anilines is 1. The van der Waals surface area contributed by atoms with Crippen LogP contribution in [0.25, 0.3) is 5.69 Å². The predicted octanol–water partition coefficient (Wildman–Crippen LogP) is 2.58.